The molecule has 1 aromatic heterocycles. The van der Waals surface area contributed by atoms with Gasteiger partial charge in [-0.1, -0.05) is 36.8 Å². The molecule has 0 amide bonds. The van der Waals surface area contributed by atoms with Crippen LogP contribution in [0.15, 0.2) is 58.7 Å². The van der Waals surface area contributed by atoms with Crippen LogP contribution in [-0.2, 0) is 6.42 Å². The van der Waals surface area contributed by atoms with E-state index in [9.17, 15) is 5.11 Å². The van der Waals surface area contributed by atoms with Gasteiger partial charge in [-0.3, -0.25) is 0 Å². The van der Waals surface area contributed by atoms with E-state index < -0.39 is 5.60 Å². The van der Waals surface area contributed by atoms with Gasteiger partial charge in [-0.2, -0.15) is 0 Å². The van der Waals surface area contributed by atoms with Crippen molar-refractivity contribution in [3.05, 3.63) is 65.6 Å². The minimum absolute atomic E-state index is 0.231. The highest BCUT2D eigenvalue weighted by Gasteiger charge is 2.42. The number of furan rings is 1. The average Bonchev–Trinajstić information content (AvgIpc) is 3.19. The van der Waals surface area contributed by atoms with Gasteiger partial charge in [0.15, 0.2) is 0 Å². The highest BCUT2D eigenvalue weighted by Crippen LogP contribution is 2.40. The number of hydrogen-bond donors (Lipinski definition) is 1. The first-order chi connectivity index (χ1) is 14.1. The Kier molecular flexibility index (Phi) is 6.53. The molecular weight excluding hydrogens is 360 g/mol. The van der Waals surface area contributed by atoms with E-state index in [4.69, 9.17) is 4.42 Å². The van der Waals surface area contributed by atoms with Gasteiger partial charge < -0.3 is 19.3 Å². The lowest BCUT2D eigenvalue weighted by atomic mass is 9.75. The van der Waals surface area contributed by atoms with Crippen LogP contribution in [-0.4, -0.2) is 60.3 Å². The summed E-state index contributed by atoms with van der Waals surface area (Å²) < 4.78 is 5.61. The number of benzene rings is 1. The molecule has 4 nitrogen and oxygen atoms in total. The molecule has 4 rings (SSSR count). The molecule has 1 N–H and O–H groups in total. The van der Waals surface area contributed by atoms with E-state index in [2.05, 4.69) is 47.2 Å². The summed E-state index contributed by atoms with van der Waals surface area (Å²) in [6, 6.07) is 14.4. The number of likely N-dealkylation sites (N-methyl/N-ethyl adjacent to an activating group) is 1. The van der Waals surface area contributed by atoms with Crippen LogP contribution in [0.4, 0.5) is 0 Å². The van der Waals surface area contributed by atoms with Crippen molar-refractivity contribution in [2.45, 2.75) is 37.7 Å². The normalized spacial score (nSPS) is 28.5. The summed E-state index contributed by atoms with van der Waals surface area (Å²) in [5, 5.41) is 12.3. The molecule has 1 saturated carbocycles. The van der Waals surface area contributed by atoms with Gasteiger partial charge in [0.05, 0.1) is 11.9 Å². The van der Waals surface area contributed by atoms with Crippen LogP contribution >= 0.6 is 0 Å². The minimum Gasteiger partial charge on any atom is -0.465 e. The van der Waals surface area contributed by atoms with Gasteiger partial charge in [-0.15, -0.1) is 0 Å². The molecule has 2 heterocycles. The number of aliphatic hydroxyl groups is 1. The predicted octanol–water partition coefficient (Wildman–Crippen LogP) is 4.07. The lowest BCUT2D eigenvalue weighted by molar-refractivity contribution is -0.00649. The van der Waals surface area contributed by atoms with Gasteiger partial charge in [0.25, 0.3) is 0 Å². The SMILES string of the molecule is CN1CCN(CC2CCCCC(=Cc3ccco3)C2(O)Cc2ccccc2)CC1. The second kappa shape index (κ2) is 9.29. The summed E-state index contributed by atoms with van der Waals surface area (Å²) >= 11 is 0. The van der Waals surface area contributed by atoms with Crippen LogP contribution in [0.5, 0.6) is 0 Å². The fourth-order valence-electron chi connectivity index (χ4n) is 4.92. The van der Waals surface area contributed by atoms with Gasteiger partial charge in [0, 0.05) is 45.1 Å². The highest BCUT2D eigenvalue weighted by atomic mass is 16.3. The fourth-order valence-corrected chi connectivity index (χ4v) is 4.92. The summed E-state index contributed by atoms with van der Waals surface area (Å²) in [5.74, 6) is 1.07. The smallest absolute Gasteiger partial charge is 0.126 e. The topological polar surface area (TPSA) is 39.9 Å². The number of nitrogens with zero attached hydrogens (tertiary/aromatic N) is 2. The Balaban J connectivity index is 1.64. The van der Waals surface area contributed by atoms with E-state index in [1.807, 2.05) is 18.2 Å². The molecule has 2 unspecified atom stereocenters. The Labute approximate surface area is 174 Å². The third-order valence-corrected chi connectivity index (χ3v) is 6.73. The van der Waals surface area contributed by atoms with Gasteiger partial charge >= 0.3 is 0 Å². The highest BCUT2D eigenvalue weighted by molar-refractivity contribution is 5.51. The molecule has 4 heteroatoms. The van der Waals surface area contributed by atoms with Crippen LogP contribution in [0.3, 0.4) is 0 Å². The molecule has 1 aliphatic carbocycles. The van der Waals surface area contributed by atoms with E-state index in [-0.39, 0.29) is 5.92 Å². The zero-order valence-corrected chi connectivity index (χ0v) is 17.6. The molecule has 2 aliphatic rings. The second-order valence-corrected chi connectivity index (χ2v) is 8.82. The summed E-state index contributed by atoms with van der Waals surface area (Å²) in [6.45, 7) is 5.36. The zero-order chi connectivity index (χ0) is 20.1. The fraction of sp³-hybridized carbons (Fsp3) is 0.520. The molecule has 2 atom stereocenters. The molecule has 0 bridgehead atoms. The van der Waals surface area contributed by atoms with Crippen LogP contribution in [0.1, 0.15) is 37.0 Å². The quantitative estimate of drug-likeness (QED) is 0.776. The van der Waals surface area contributed by atoms with Crippen LogP contribution in [0.25, 0.3) is 6.08 Å². The van der Waals surface area contributed by atoms with Gasteiger partial charge in [-0.05, 0) is 55.7 Å². The predicted molar refractivity (Wildman–Crippen MR) is 118 cm³/mol. The first kappa shape index (κ1) is 20.4. The Morgan fingerprint density at radius 3 is 2.59 bits per heavy atom. The van der Waals surface area contributed by atoms with E-state index in [0.29, 0.717) is 6.42 Å². The number of piperazine rings is 1. The molecule has 1 aliphatic heterocycles. The van der Waals surface area contributed by atoms with Crippen LogP contribution in [0.2, 0.25) is 0 Å². The van der Waals surface area contributed by atoms with Crippen molar-refractivity contribution >= 4 is 6.08 Å². The Bertz CT molecular complexity index is 778. The van der Waals surface area contributed by atoms with Gasteiger partial charge in [0.2, 0.25) is 0 Å². The Morgan fingerprint density at radius 1 is 1.07 bits per heavy atom. The van der Waals surface area contributed by atoms with Crippen molar-refractivity contribution in [2.24, 2.45) is 5.92 Å². The van der Waals surface area contributed by atoms with Crippen molar-refractivity contribution < 1.29 is 9.52 Å². The molecular formula is C25H34N2O2. The van der Waals surface area contributed by atoms with E-state index >= 15 is 0 Å². The van der Waals surface area contributed by atoms with E-state index in [1.54, 1.807) is 6.26 Å². The maximum Gasteiger partial charge on any atom is 0.126 e. The summed E-state index contributed by atoms with van der Waals surface area (Å²) in [4.78, 5) is 4.94. The molecule has 29 heavy (non-hydrogen) atoms. The maximum atomic E-state index is 12.3. The first-order valence-electron chi connectivity index (χ1n) is 11.1. The third-order valence-electron chi connectivity index (χ3n) is 6.73. The van der Waals surface area contributed by atoms with Crippen molar-refractivity contribution in [3.63, 3.8) is 0 Å². The van der Waals surface area contributed by atoms with Gasteiger partial charge in [0.1, 0.15) is 5.76 Å². The molecule has 0 radical (unpaired) electrons. The second-order valence-electron chi connectivity index (χ2n) is 8.82. The van der Waals surface area contributed by atoms with Crippen molar-refractivity contribution in [1.82, 2.24) is 9.80 Å². The summed E-state index contributed by atoms with van der Waals surface area (Å²) in [5.41, 5.74) is 1.49. The summed E-state index contributed by atoms with van der Waals surface area (Å²) in [6.07, 6.45) is 8.79. The van der Waals surface area contributed by atoms with Crippen LogP contribution < -0.4 is 0 Å². The average molecular weight is 395 g/mol. The lowest BCUT2D eigenvalue weighted by Gasteiger charge is -2.42. The number of rotatable bonds is 5. The number of hydrogen-bond acceptors (Lipinski definition) is 4. The van der Waals surface area contributed by atoms with Crippen molar-refractivity contribution in [3.8, 4) is 0 Å². The standard InChI is InChI=1S/C25H34N2O2/c1-26-13-15-27(16-14-26)20-23-11-6-5-10-22(18-24-12-7-17-29-24)25(23,28)19-21-8-3-2-4-9-21/h2-4,7-9,12,17-18,23,28H,5-6,10-11,13-16,19-20H2,1H3. The van der Waals surface area contributed by atoms with E-state index in [1.165, 1.54) is 12.0 Å². The maximum absolute atomic E-state index is 12.3. The minimum atomic E-state index is -0.839. The summed E-state index contributed by atoms with van der Waals surface area (Å²) in [7, 11) is 2.19. The molecule has 2 fully saturated rings. The zero-order valence-electron chi connectivity index (χ0n) is 17.6. The monoisotopic (exact) mass is 394 g/mol. The molecule has 2 aromatic rings. The largest absolute Gasteiger partial charge is 0.465 e. The lowest BCUT2D eigenvalue weighted by Crippen LogP contribution is -2.51. The molecule has 0 spiro atoms. The Hall–Kier alpha value is -1.88. The van der Waals surface area contributed by atoms with Gasteiger partial charge in [-0.25, -0.2) is 0 Å². The van der Waals surface area contributed by atoms with Crippen LogP contribution in [0, 0.1) is 5.92 Å². The molecule has 156 valence electrons. The molecule has 1 aromatic carbocycles. The third kappa shape index (κ3) is 5.00. The van der Waals surface area contributed by atoms with Crippen molar-refractivity contribution in [1.29, 1.82) is 0 Å². The Morgan fingerprint density at radius 2 is 1.86 bits per heavy atom. The first-order valence-corrected chi connectivity index (χ1v) is 11.1. The van der Waals surface area contributed by atoms with E-state index in [0.717, 1.165) is 63.3 Å². The van der Waals surface area contributed by atoms with Crippen molar-refractivity contribution in [2.75, 3.05) is 39.8 Å². The molecule has 1 saturated heterocycles.